The van der Waals surface area contributed by atoms with E-state index < -0.39 is 10.8 Å². The smallest absolute Gasteiger partial charge is 0.313 e. The van der Waals surface area contributed by atoms with Gasteiger partial charge in [0, 0.05) is 0 Å². The first-order valence-electron chi connectivity index (χ1n) is 4.20. The van der Waals surface area contributed by atoms with E-state index in [0.717, 1.165) is 0 Å². The quantitative estimate of drug-likeness (QED) is 0.356. The number of alkyl halides is 2. The van der Waals surface area contributed by atoms with Crippen LogP contribution in [-0.4, -0.2) is 16.5 Å². The predicted octanol–water partition coefficient (Wildman–Crippen LogP) is 3.02. The summed E-state index contributed by atoms with van der Waals surface area (Å²) >= 11 is 11.0. The van der Waals surface area contributed by atoms with Crippen molar-refractivity contribution in [3.05, 3.63) is 35.9 Å². The summed E-state index contributed by atoms with van der Waals surface area (Å²) in [6, 6.07) is 8.54. The molecule has 0 heterocycles. The van der Waals surface area contributed by atoms with Crippen LogP contribution in [0.1, 0.15) is 17.3 Å². The first-order chi connectivity index (χ1) is 7.11. The maximum atomic E-state index is 11.4. The second-order valence-electron chi connectivity index (χ2n) is 2.78. The van der Waals surface area contributed by atoms with Gasteiger partial charge in [-0.3, -0.25) is 0 Å². The Morgan fingerprint density at radius 1 is 1.33 bits per heavy atom. The Hall–Kier alpha value is -1.06. The van der Waals surface area contributed by atoms with Gasteiger partial charge in [0.05, 0.1) is 11.3 Å². The van der Waals surface area contributed by atoms with Crippen LogP contribution in [-0.2, 0) is 4.84 Å². The molecule has 0 spiro atoms. The topological polar surface area (TPSA) is 38.7 Å². The van der Waals surface area contributed by atoms with Gasteiger partial charge >= 0.3 is 5.97 Å². The van der Waals surface area contributed by atoms with E-state index in [0.29, 0.717) is 11.3 Å². The number of carbonyl (C=O) groups excluding carboxylic acids is 1. The Labute approximate surface area is 97.6 Å². The highest BCUT2D eigenvalue weighted by molar-refractivity contribution is 6.54. The molecule has 1 aromatic carbocycles. The highest BCUT2D eigenvalue weighted by Gasteiger charge is 2.08. The van der Waals surface area contributed by atoms with E-state index in [4.69, 9.17) is 23.2 Å². The Morgan fingerprint density at radius 3 is 2.47 bits per heavy atom. The van der Waals surface area contributed by atoms with Crippen LogP contribution < -0.4 is 0 Å². The number of carbonyl (C=O) groups is 1. The van der Waals surface area contributed by atoms with Crippen LogP contribution in [0.3, 0.4) is 0 Å². The molecule has 0 saturated heterocycles. The lowest BCUT2D eigenvalue weighted by Gasteiger charge is -2.00. The second kappa shape index (κ2) is 5.73. The molecule has 0 N–H and O–H groups in total. The van der Waals surface area contributed by atoms with E-state index in [9.17, 15) is 4.79 Å². The largest absolute Gasteiger partial charge is 0.365 e. The van der Waals surface area contributed by atoms with Crippen molar-refractivity contribution in [2.24, 2.45) is 5.16 Å². The van der Waals surface area contributed by atoms with Crippen LogP contribution >= 0.6 is 23.2 Å². The third kappa shape index (κ3) is 3.90. The van der Waals surface area contributed by atoms with Crippen molar-refractivity contribution in [2.75, 3.05) is 0 Å². The Balaban J connectivity index is 2.62. The van der Waals surface area contributed by atoms with Gasteiger partial charge < -0.3 is 4.84 Å². The number of benzene rings is 1. The van der Waals surface area contributed by atoms with Crippen molar-refractivity contribution < 1.29 is 9.63 Å². The third-order valence-corrected chi connectivity index (χ3v) is 2.23. The molecule has 0 atom stereocenters. The van der Waals surface area contributed by atoms with Crippen molar-refractivity contribution in [2.45, 2.75) is 11.8 Å². The van der Waals surface area contributed by atoms with Crippen molar-refractivity contribution in [1.82, 2.24) is 0 Å². The molecule has 5 heteroatoms. The van der Waals surface area contributed by atoms with Crippen molar-refractivity contribution in [3.8, 4) is 0 Å². The zero-order chi connectivity index (χ0) is 11.3. The summed E-state index contributed by atoms with van der Waals surface area (Å²) in [4.78, 5) is 15.2. The van der Waals surface area contributed by atoms with Gasteiger partial charge in [0.1, 0.15) is 4.84 Å². The second-order valence-corrected chi connectivity index (χ2v) is 3.87. The van der Waals surface area contributed by atoms with Crippen LogP contribution in [0, 0.1) is 0 Å². The number of hydrogen-bond donors (Lipinski definition) is 0. The van der Waals surface area contributed by atoms with Gasteiger partial charge in [-0.05, 0) is 19.1 Å². The molecule has 0 aliphatic rings. The molecular weight excluding hydrogens is 237 g/mol. The molecule has 0 unspecified atom stereocenters. The van der Waals surface area contributed by atoms with Crippen molar-refractivity contribution in [1.29, 1.82) is 0 Å². The summed E-state index contributed by atoms with van der Waals surface area (Å²) in [6.07, 6.45) is 0. The van der Waals surface area contributed by atoms with E-state index in [1.807, 2.05) is 0 Å². The SMILES string of the molecule is CC(=NOC(=O)c1ccccc1)C(Cl)Cl. The highest BCUT2D eigenvalue weighted by Crippen LogP contribution is 2.06. The first-order valence-corrected chi connectivity index (χ1v) is 5.07. The summed E-state index contributed by atoms with van der Waals surface area (Å²) in [6.45, 7) is 1.57. The average Bonchev–Trinajstić information content (AvgIpc) is 2.26. The lowest BCUT2D eigenvalue weighted by molar-refractivity contribution is 0.0515. The number of nitrogens with zero attached hydrogens (tertiary/aromatic N) is 1. The zero-order valence-electron chi connectivity index (χ0n) is 7.98. The Morgan fingerprint density at radius 2 is 1.93 bits per heavy atom. The van der Waals surface area contributed by atoms with Gasteiger partial charge in [-0.1, -0.05) is 46.6 Å². The maximum absolute atomic E-state index is 11.4. The molecule has 0 aliphatic carbocycles. The average molecular weight is 246 g/mol. The van der Waals surface area contributed by atoms with Crippen LogP contribution in [0.4, 0.5) is 0 Å². The van der Waals surface area contributed by atoms with Crippen molar-refractivity contribution >= 4 is 34.9 Å². The zero-order valence-corrected chi connectivity index (χ0v) is 9.50. The molecule has 0 fully saturated rings. The number of halogens is 2. The summed E-state index contributed by atoms with van der Waals surface area (Å²) < 4.78 is 0. The summed E-state index contributed by atoms with van der Waals surface area (Å²) in [5, 5.41) is 3.50. The first kappa shape index (κ1) is 12.0. The molecule has 0 amide bonds. The molecule has 0 radical (unpaired) electrons. The molecule has 0 aromatic heterocycles. The Bertz CT molecular complexity index is 363. The molecule has 0 aliphatic heterocycles. The van der Waals surface area contributed by atoms with Crippen LogP contribution in [0.2, 0.25) is 0 Å². The summed E-state index contributed by atoms with van der Waals surface area (Å²) in [5.41, 5.74) is 0.761. The normalized spacial score (nSPS) is 11.6. The molecule has 0 saturated carbocycles. The van der Waals surface area contributed by atoms with Gasteiger partial charge in [-0.2, -0.15) is 0 Å². The van der Waals surface area contributed by atoms with Gasteiger partial charge in [-0.15, -0.1) is 0 Å². The third-order valence-electron chi connectivity index (χ3n) is 1.60. The molecule has 3 nitrogen and oxygen atoms in total. The predicted molar refractivity (Wildman–Crippen MR) is 60.5 cm³/mol. The number of hydrogen-bond acceptors (Lipinski definition) is 3. The van der Waals surface area contributed by atoms with Gasteiger partial charge in [0.2, 0.25) is 0 Å². The fourth-order valence-electron chi connectivity index (χ4n) is 0.780. The molecule has 80 valence electrons. The number of rotatable bonds is 3. The number of oxime groups is 1. The van der Waals surface area contributed by atoms with Gasteiger partial charge in [0.25, 0.3) is 0 Å². The summed E-state index contributed by atoms with van der Waals surface area (Å²) in [7, 11) is 0. The van der Waals surface area contributed by atoms with Gasteiger partial charge in [-0.25, -0.2) is 4.79 Å². The van der Waals surface area contributed by atoms with E-state index in [1.54, 1.807) is 37.3 Å². The Kier molecular flexibility index (Phi) is 4.59. The molecule has 1 rings (SSSR count). The lowest BCUT2D eigenvalue weighted by Crippen LogP contribution is -2.07. The molecule has 1 aromatic rings. The lowest BCUT2D eigenvalue weighted by atomic mass is 10.2. The van der Waals surface area contributed by atoms with E-state index in [2.05, 4.69) is 9.99 Å². The molecule has 0 bridgehead atoms. The van der Waals surface area contributed by atoms with Crippen LogP contribution in [0.15, 0.2) is 35.5 Å². The highest BCUT2D eigenvalue weighted by atomic mass is 35.5. The minimum absolute atomic E-state index is 0.336. The maximum Gasteiger partial charge on any atom is 0.365 e. The minimum atomic E-state index is -0.770. The van der Waals surface area contributed by atoms with Crippen molar-refractivity contribution in [3.63, 3.8) is 0 Å². The standard InChI is InChI=1S/C10H9Cl2NO2/c1-7(9(11)12)13-15-10(14)8-5-3-2-4-6-8/h2-6,9H,1H3. The van der Waals surface area contributed by atoms with E-state index in [1.165, 1.54) is 0 Å². The fourth-order valence-corrected chi connectivity index (χ4v) is 0.860. The monoisotopic (exact) mass is 245 g/mol. The molecule has 15 heavy (non-hydrogen) atoms. The van der Waals surface area contributed by atoms with Crippen LogP contribution in [0.5, 0.6) is 0 Å². The van der Waals surface area contributed by atoms with E-state index >= 15 is 0 Å². The minimum Gasteiger partial charge on any atom is -0.313 e. The fraction of sp³-hybridized carbons (Fsp3) is 0.200. The van der Waals surface area contributed by atoms with Crippen LogP contribution in [0.25, 0.3) is 0 Å². The molecular formula is C10H9Cl2NO2. The van der Waals surface area contributed by atoms with E-state index in [-0.39, 0.29) is 0 Å². The van der Waals surface area contributed by atoms with Gasteiger partial charge in [0.15, 0.2) is 0 Å². The summed E-state index contributed by atoms with van der Waals surface area (Å²) in [5.74, 6) is -0.538.